The number of rotatable bonds is 3. The van der Waals surface area contributed by atoms with Crippen LogP contribution in [0.4, 0.5) is 5.82 Å². The number of nitrogens with zero attached hydrogens (tertiary/aromatic N) is 3. The molecule has 2 heterocycles. The summed E-state index contributed by atoms with van der Waals surface area (Å²) in [5.74, 6) is 1.55. The minimum Gasteiger partial charge on any atom is -0.354 e. The predicted molar refractivity (Wildman–Crippen MR) is 75.9 cm³/mol. The summed E-state index contributed by atoms with van der Waals surface area (Å²) >= 11 is 0. The van der Waals surface area contributed by atoms with Crippen LogP contribution in [0.25, 0.3) is 0 Å². The first kappa shape index (κ1) is 12.1. The Labute approximate surface area is 113 Å². The molecule has 1 aliphatic rings. The molecule has 3 rings (SSSR count). The summed E-state index contributed by atoms with van der Waals surface area (Å²) in [6.07, 6.45) is 1.17. The van der Waals surface area contributed by atoms with Crippen molar-refractivity contribution in [2.75, 3.05) is 18.0 Å². The van der Waals surface area contributed by atoms with E-state index >= 15 is 0 Å². The summed E-state index contributed by atoms with van der Waals surface area (Å²) in [4.78, 5) is 2.30. The average molecular weight is 254 g/mol. The normalized spacial score (nSPS) is 18.8. The Kier molecular flexibility index (Phi) is 3.42. The topological polar surface area (TPSA) is 55.0 Å². The van der Waals surface area contributed by atoms with Crippen LogP contribution in [0.5, 0.6) is 0 Å². The molecule has 98 valence electrons. The van der Waals surface area contributed by atoms with Crippen molar-refractivity contribution in [3.05, 3.63) is 53.7 Å². The van der Waals surface area contributed by atoms with Crippen LogP contribution < -0.4 is 10.6 Å². The Hall–Kier alpha value is -1.94. The molecule has 1 atom stereocenters. The zero-order valence-corrected chi connectivity index (χ0v) is 10.9. The number of hydrogen-bond donors (Lipinski definition) is 1. The molecule has 1 fully saturated rings. The molecule has 0 aliphatic carbocycles. The van der Waals surface area contributed by atoms with Gasteiger partial charge in [-0.25, -0.2) is 0 Å². The van der Waals surface area contributed by atoms with Crippen LogP contribution in [0.2, 0.25) is 0 Å². The highest BCUT2D eigenvalue weighted by atomic mass is 15.3. The quantitative estimate of drug-likeness (QED) is 0.909. The Balaban J connectivity index is 1.71. The molecule has 1 saturated heterocycles. The van der Waals surface area contributed by atoms with Crippen LogP contribution in [0, 0.1) is 0 Å². The second-order valence-electron chi connectivity index (χ2n) is 4.93. The lowest BCUT2D eigenvalue weighted by molar-refractivity contribution is 0.772. The molecule has 0 saturated carbocycles. The van der Waals surface area contributed by atoms with E-state index in [1.54, 1.807) is 0 Å². The Morgan fingerprint density at radius 1 is 1.11 bits per heavy atom. The van der Waals surface area contributed by atoms with Crippen molar-refractivity contribution in [3.8, 4) is 0 Å². The van der Waals surface area contributed by atoms with Crippen LogP contribution in [-0.2, 0) is 6.54 Å². The van der Waals surface area contributed by atoms with Gasteiger partial charge in [-0.3, -0.25) is 0 Å². The molecule has 1 aliphatic heterocycles. The van der Waals surface area contributed by atoms with E-state index in [1.807, 2.05) is 12.1 Å². The molecule has 0 radical (unpaired) electrons. The highest BCUT2D eigenvalue weighted by Crippen LogP contribution is 2.29. The van der Waals surface area contributed by atoms with Gasteiger partial charge in [-0.15, -0.1) is 5.10 Å². The molecular formula is C15H18N4. The summed E-state index contributed by atoms with van der Waals surface area (Å²) in [5, 5.41) is 8.38. The minimum absolute atomic E-state index is 0.444. The van der Waals surface area contributed by atoms with Crippen molar-refractivity contribution in [1.29, 1.82) is 0 Å². The maximum Gasteiger partial charge on any atom is 0.151 e. The summed E-state index contributed by atoms with van der Waals surface area (Å²) in [7, 11) is 0. The van der Waals surface area contributed by atoms with Gasteiger partial charge in [0.2, 0.25) is 0 Å². The largest absolute Gasteiger partial charge is 0.354 e. The molecular weight excluding hydrogens is 236 g/mol. The van der Waals surface area contributed by atoms with Crippen LogP contribution in [0.3, 0.4) is 0 Å². The molecule has 4 heteroatoms. The Bertz CT molecular complexity index is 524. The van der Waals surface area contributed by atoms with Crippen molar-refractivity contribution in [2.45, 2.75) is 18.9 Å². The maximum atomic E-state index is 5.54. The van der Waals surface area contributed by atoms with Crippen LogP contribution in [0.15, 0.2) is 42.5 Å². The molecule has 4 nitrogen and oxygen atoms in total. The second kappa shape index (κ2) is 5.36. The van der Waals surface area contributed by atoms with E-state index in [9.17, 15) is 0 Å². The first-order valence-electron chi connectivity index (χ1n) is 6.69. The molecule has 2 aromatic rings. The maximum absolute atomic E-state index is 5.54. The van der Waals surface area contributed by atoms with Gasteiger partial charge >= 0.3 is 0 Å². The van der Waals surface area contributed by atoms with Gasteiger partial charge in [0.05, 0.1) is 5.69 Å². The summed E-state index contributed by atoms with van der Waals surface area (Å²) in [6, 6.07) is 14.7. The molecule has 0 amide bonds. The van der Waals surface area contributed by atoms with Gasteiger partial charge in [-0.2, -0.15) is 5.10 Å². The fraction of sp³-hybridized carbons (Fsp3) is 0.333. The molecule has 1 unspecified atom stereocenters. The van der Waals surface area contributed by atoms with Crippen molar-refractivity contribution in [2.24, 2.45) is 5.73 Å². The van der Waals surface area contributed by atoms with Crippen LogP contribution in [-0.4, -0.2) is 23.3 Å². The molecule has 0 spiro atoms. The molecule has 1 aromatic carbocycles. The number of anilines is 1. The van der Waals surface area contributed by atoms with Crippen molar-refractivity contribution >= 4 is 5.82 Å². The summed E-state index contributed by atoms with van der Waals surface area (Å²) in [6.45, 7) is 2.50. The monoisotopic (exact) mass is 254 g/mol. The third-order valence-corrected chi connectivity index (χ3v) is 3.70. The first-order chi connectivity index (χ1) is 9.36. The van der Waals surface area contributed by atoms with E-state index in [1.165, 1.54) is 12.0 Å². The van der Waals surface area contributed by atoms with E-state index in [4.69, 9.17) is 5.73 Å². The van der Waals surface area contributed by atoms with Gasteiger partial charge in [-0.1, -0.05) is 30.3 Å². The van der Waals surface area contributed by atoms with E-state index in [2.05, 4.69) is 45.4 Å². The Morgan fingerprint density at radius 2 is 1.95 bits per heavy atom. The van der Waals surface area contributed by atoms with Gasteiger partial charge in [0, 0.05) is 25.6 Å². The second-order valence-corrected chi connectivity index (χ2v) is 4.93. The van der Waals surface area contributed by atoms with Crippen molar-refractivity contribution in [1.82, 2.24) is 10.2 Å². The fourth-order valence-corrected chi connectivity index (χ4v) is 2.60. The van der Waals surface area contributed by atoms with Crippen LogP contribution >= 0.6 is 0 Å². The number of benzene rings is 1. The predicted octanol–water partition coefficient (Wildman–Crippen LogP) is 1.93. The SMILES string of the molecule is NCc1ccc(N2CCC(c3ccccc3)C2)nn1. The highest BCUT2D eigenvalue weighted by molar-refractivity contribution is 5.40. The van der Waals surface area contributed by atoms with E-state index in [0.29, 0.717) is 12.5 Å². The zero-order valence-electron chi connectivity index (χ0n) is 10.9. The molecule has 1 aromatic heterocycles. The Morgan fingerprint density at radius 3 is 2.63 bits per heavy atom. The van der Waals surface area contributed by atoms with Gasteiger partial charge < -0.3 is 10.6 Å². The fourth-order valence-electron chi connectivity index (χ4n) is 2.60. The number of hydrogen-bond acceptors (Lipinski definition) is 4. The van der Waals surface area contributed by atoms with E-state index < -0.39 is 0 Å². The van der Waals surface area contributed by atoms with Crippen molar-refractivity contribution in [3.63, 3.8) is 0 Å². The van der Waals surface area contributed by atoms with Gasteiger partial charge in [0.1, 0.15) is 0 Å². The van der Waals surface area contributed by atoms with Gasteiger partial charge in [-0.05, 0) is 24.1 Å². The van der Waals surface area contributed by atoms with Crippen LogP contribution in [0.1, 0.15) is 23.6 Å². The third-order valence-electron chi connectivity index (χ3n) is 3.70. The van der Waals surface area contributed by atoms with Gasteiger partial charge in [0.25, 0.3) is 0 Å². The average Bonchev–Trinajstić information content (AvgIpc) is 2.98. The number of nitrogens with two attached hydrogens (primary N) is 1. The molecule has 19 heavy (non-hydrogen) atoms. The third kappa shape index (κ3) is 2.58. The zero-order chi connectivity index (χ0) is 13.1. The first-order valence-corrected chi connectivity index (χ1v) is 6.69. The lowest BCUT2D eigenvalue weighted by atomic mass is 9.99. The smallest absolute Gasteiger partial charge is 0.151 e. The lowest BCUT2D eigenvalue weighted by Crippen LogP contribution is -2.21. The molecule has 2 N–H and O–H groups in total. The summed E-state index contributed by atoms with van der Waals surface area (Å²) < 4.78 is 0. The minimum atomic E-state index is 0.444. The van der Waals surface area contributed by atoms with Crippen molar-refractivity contribution < 1.29 is 0 Å². The summed E-state index contributed by atoms with van der Waals surface area (Å²) in [5.41, 5.74) is 7.78. The molecule has 0 bridgehead atoms. The van der Waals surface area contributed by atoms with E-state index in [0.717, 1.165) is 24.6 Å². The van der Waals surface area contributed by atoms with Gasteiger partial charge in [0.15, 0.2) is 5.82 Å². The number of aromatic nitrogens is 2. The van der Waals surface area contributed by atoms with E-state index in [-0.39, 0.29) is 0 Å². The highest BCUT2D eigenvalue weighted by Gasteiger charge is 2.24. The lowest BCUT2D eigenvalue weighted by Gasteiger charge is -2.17. The standard InChI is InChI=1S/C15H18N4/c16-10-14-6-7-15(18-17-14)19-9-8-13(11-19)12-4-2-1-3-5-12/h1-7,13H,8-11,16H2.